The molecule has 0 fully saturated rings. The van der Waals surface area contributed by atoms with Gasteiger partial charge in [-0.25, -0.2) is 9.97 Å². The molecule has 0 atom stereocenters. The largest absolute Gasteiger partial charge is 0.431 e. The van der Waals surface area contributed by atoms with E-state index in [-0.39, 0.29) is 5.91 Å². The summed E-state index contributed by atoms with van der Waals surface area (Å²) in [5, 5.41) is 4.63. The molecule has 0 saturated heterocycles. The van der Waals surface area contributed by atoms with Gasteiger partial charge >= 0.3 is 0 Å². The zero-order valence-corrected chi connectivity index (χ0v) is 17.2. The standard InChI is InChI=1S/C20H23N3O2S2/c1-14-12-19(26-2)21-13-16(14)22-18(24)10-4-3-7-11-27-20-23-15-8-5-6-9-17(15)25-20/h5-6,8-9,12-13H,3-4,7,10-11H2,1-2H3,(H,22,24). The van der Waals surface area contributed by atoms with Crippen molar-refractivity contribution in [3.05, 3.63) is 42.1 Å². The number of carbonyl (C=O) groups excluding carboxylic acids is 1. The number of para-hydroxylation sites is 2. The number of hydrogen-bond acceptors (Lipinski definition) is 6. The van der Waals surface area contributed by atoms with Gasteiger partial charge in [0.15, 0.2) is 5.58 Å². The summed E-state index contributed by atoms with van der Waals surface area (Å²) in [5.41, 5.74) is 3.56. The molecule has 5 nitrogen and oxygen atoms in total. The van der Waals surface area contributed by atoms with Crippen LogP contribution in [-0.4, -0.2) is 27.9 Å². The van der Waals surface area contributed by atoms with Gasteiger partial charge in [-0.05, 0) is 49.8 Å². The number of hydrogen-bond donors (Lipinski definition) is 1. The predicted molar refractivity (Wildman–Crippen MR) is 113 cm³/mol. The number of oxazole rings is 1. The second-order valence-corrected chi connectivity index (χ2v) is 8.07. The molecule has 3 rings (SSSR count). The van der Waals surface area contributed by atoms with Gasteiger partial charge < -0.3 is 9.73 Å². The molecule has 7 heteroatoms. The molecule has 0 aliphatic carbocycles. The molecule has 0 unspecified atom stereocenters. The number of unbranched alkanes of at least 4 members (excludes halogenated alkanes) is 2. The minimum absolute atomic E-state index is 0.0448. The molecule has 1 N–H and O–H groups in total. The minimum atomic E-state index is 0.0448. The molecular formula is C20H23N3O2S2. The number of carbonyl (C=O) groups is 1. The molecule has 0 saturated carbocycles. The van der Waals surface area contributed by atoms with Crippen LogP contribution in [-0.2, 0) is 4.79 Å². The number of nitrogens with zero attached hydrogens (tertiary/aromatic N) is 2. The zero-order chi connectivity index (χ0) is 19.1. The van der Waals surface area contributed by atoms with Crippen molar-refractivity contribution in [2.45, 2.75) is 42.9 Å². The van der Waals surface area contributed by atoms with Gasteiger partial charge in [-0.1, -0.05) is 30.3 Å². The number of benzene rings is 1. The van der Waals surface area contributed by atoms with E-state index in [1.54, 1.807) is 29.7 Å². The van der Waals surface area contributed by atoms with Gasteiger partial charge in [0.2, 0.25) is 5.91 Å². The van der Waals surface area contributed by atoms with Crippen molar-refractivity contribution in [2.75, 3.05) is 17.3 Å². The Bertz CT molecular complexity index is 878. The molecule has 3 aromatic rings. The Labute approximate surface area is 167 Å². The van der Waals surface area contributed by atoms with E-state index in [9.17, 15) is 4.79 Å². The molecule has 0 spiro atoms. The van der Waals surface area contributed by atoms with E-state index < -0.39 is 0 Å². The molecule has 0 aliphatic heterocycles. The lowest BCUT2D eigenvalue weighted by atomic mass is 10.2. The Hall–Kier alpha value is -1.99. The maximum absolute atomic E-state index is 12.1. The Morgan fingerprint density at radius 3 is 2.85 bits per heavy atom. The lowest BCUT2D eigenvalue weighted by molar-refractivity contribution is -0.116. The van der Waals surface area contributed by atoms with E-state index >= 15 is 0 Å². The number of anilines is 1. The van der Waals surface area contributed by atoms with Gasteiger partial charge in [0.05, 0.1) is 16.9 Å². The first kappa shape index (κ1) is 19.8. The van der Waals surface area contributed by atoms with E-state index in [1.807, 2.05) is 43.5 Å². The summed E-state index contributed by atoms with van der Waals surface area (Å²) in [5.74, 6) is 0.983. The highest BCUT2D eigenvalue weighted by molar-refractivity contribution is 7.99. The van der Waals surface area contributed by atoms with Crippen LogP contribution in [0.2, 0.25) is 0 Å². The van der Waals surface area contributed by atoms with Crippen molar-refractivity contribution >= 4 is 46.2 Å². The Morgan fingerprint density at radius 2 is 2.07 bits per heavy atom. The van der Waals surface area contributed by atoms with E-state index in [0.717, 1.165) is 52.4 Å². The van der Waals surface area contributed by atoms with Crippen LogP contribution in [0.1, 0.15) is 31.2 Å². The van der Waals surface area contributed by atoms with Gasteiger partial charge in [-0.2, -0.15) is 0 Å². The third-order valence-corrected chi connectivity index (χ3v) is 5.67. The second kappa shape index (κ2) is 9.80. The number of aromatic nitrogens is 2. The lowest BCUT2D eigenvalue weighted by Crippen LogP contribution is -2.12. The molecule has 0 bridgehead atoms. The van der Waals surface area contributed by atoms with Gasteiger partial charge in [-0.3, -0.25) is 4.79 Å². The van der Waals surface area contributed by atoms with Crippen LogP contribution >= 0.6 is 23.5 Å². The number of fused-ring (bicyclic) bond motifs is 1. The lowest BCUT2D eigenvalue weighted by Gasteiger charge is -2.08. The van der Waals surface area contributed by atoms with Crippen molar-refractivity contribution in [3.8, 4) is 0 Å². The molecule has 1 amide bonds. The third kappa shape index (κ3) is 5.74. The van der Waals surface area contributed by atoms with Crippen molar-refractivity contribution in [1.29, 1.82) is 0 Å². The van der Waals surface area contributed by atoms with E-state index in [0.29, 0.717) is 11.6 Å². The first-order valence-corrected chi connectivity index (χ1v) is 11.2. The highest BCUT2D eigenvalue weighted by atomic mass is 32.2. The number of pyridine rings is 1. The van der Waals surface area contributed by atoms with Crippen molar-refractivity contribution in [1.82, 2.24) is 9.97 Å². The highest BCUT2D eigenvalue weighted by Gasteiger charge is 2.07. The highest BCUT2D eigenvalue weighted by Crippen LogP contribution is 2.24. The Balaban J connectivity index is 1.33. The maximum Gasteiger partial charge on any atom is 0.256 e. The zero-order valence-electron chi connectivity index (χ0n) is 15.5. The fourth-order valence-electron chi connectivity index (χ4n) is 2.62. The Morgan fingerprint density at radius 1 is 1.22 bits per heavy atom. The summed E-state index contributed by atoms with van der Waals surface area (Å²) < 4.78 is 5.69. The van der Waals surface area contributed by atoms with E-state index in [2.05, 4.69) is 15.3 Å². The summed E-state index contributed by atoms with van der Waals surface area (Å²) in [6, 6.07) is 9.77. The van der Waals surface area contributed by atoms with Gasteiger partial charge in [0, 0.05) is 12.2 Å². The van der Waals surface area contributed by atoms with Crippen molar-refractivity contribution in [3.63, 3.8) is 0 Å². The number of thioether (sulfide) groups is 2. The molecule has 1 aromatic carbocycles. The fourth-order valence-corrected chi connectivity index (χ4v) is 3.91. The molecule has 27 heavy (non-hydrogen) atoms. The number of nitrogens with one attached hydrogen (secondary N) is 1. The first-order valence-electron chi connectivity index (χ1n) is 8.94. The van der Waals surface area contributed by atoms with E-state index in [1.165, 1.54) is 0 Å². The molecule has 2 aromatic heterocycles. The summed E-state index contributed by atoms with van der Waals surface area (Å²) in [7, 11) is 0. The first-order chi connectivity index (χ1) is 13.2. The summed E-state index contributed by atoms with van der Waals surface area (Å²) in [6.45, 7) is 1.99. The SMILES string of the molecule is CSc1cc(C)c(NC(=O)CCCCCSc2nc3ccccc3o2)cn1. The quantitative estimate of drug-likeness (QED) is 0.375. The van der Waals surface area contributed by atoms with Crippen LogP contribution < -0.4 is 5.32 Å². The topological polar surface area (TPSA) is 68.0 Å². The van der Waals surface area contributed by atoms with Gasteiger partial charge in [-0.15, -0.1) is 11.8 Å². The van der Waals surface area contributed by atoms with Crippen LogP contribution in [0, 0.1) is 6.92 Å². The van der Waals surface area contributed by atoms with Crippen LogP contribution in [0.15, 0.2) is 51.2 Å². The van der Waals surface area contributed by atoms with Gasteiger partial charge in [0.1, 0.15) is 5.52 Å². The predicted octanol–water partition coefficient (Wildman–Crippen LogP) is 5.54. The van der Waals surface area contributed by atoms with Crippen LogP contribution in [0.25, 0.3) is 11.1 Å². The third-order valence-electron chi connectivity index (χ3n) is 4.12. The summed E-state index contributed by atoms with van der Waals surface area (Å²) in [6.07, 6.45) is 7.15. The molecule has 0 aliphatic rings. The maximum atomic E-state index is 12.1. The number of amides is 1. The Kier molecular flexibility index (Phi) is 7.18. The summed E-state index contributed by atoms with van der Waals surface area (Å²) in [4.78, 5) is 20.9. The summed E-state index contributed by atoms with van der Waals surface area (Å²) >= 11 is 3.22. The molecule has 0 radical (unpaired) electrons. The molecular weight excluding hydrogens is 378 g/mol. The smallest absolute Gasteiger partial charge is 0.256 e. The monoisotopic (exact) mass is 401 g/mol. The van der Waals surface area contributed by atoms with Crippen molar-refractivity contribution < 1.29 is 9.21 Å². The average Bonchev–Trinajstić information content (AvgIpc) is 3.09. The second-order valence-electron chi connectivity index (χ2n) is 6.20. The normalized spacial score (nSPS) is 11.0. The molecule has 2 heterocycles. The van der Waals surface area contributed by atoms with Crippen LogP contribution in [0.4, 0.5) is 5.69 Å². The minimum Gasteiger partial charge on any atom is -0.431 e. The average molecular weight is 402 g/mol. The van der Waals surface area contributed by atoms with Crippen LogP contribution in [0.3, 0.4) is 0 Å². The number of rotatable bonds is 9. The van der Waals surface area contributed by atoms with Crippen molar-refractivity contribution in [2.24, 2.45) is 0 Å². The fraction of sp³-hybridized carbons (Fsp3) is 0.350. The number of aryl methyl sites for hydroxylation is 1. The van der Waals surface area contributed by atoms with E-state index in [4.69, 9.17) is 4.42 Å². The van der Waals surface area contributed by atoms with Gasteiger partial charge in [0.25, 0.3) is 5.22 Å². The molecule has 142 valence electrons. The van der Waals surface area contributed by atoms with Crippen LogP contribution in [0.5, 0.6) is 0 Å².